The van der Waals surface area contributed by atoms with Crippen LogP contribution in [0.15, 0.2) is 42.6 Å². The number of ether oxygens (including phenoxy) is 1. The number of rotatable bonds is 6. The molecule has 25 heavy (non-hydrogen) atoms. The van der Waals surface area contributed by atoms with Crippen molar-refractivity contribution in [2.75, 3.05) is 6.61 Å². The van der Waals surface area contributed by atoms with Crippen LogP contribution >= 0.6 is 22.6 Å². The van der Waals surface area contributed by atoms with Gasteiger partial charge in [-0.3, -0.25) is 4.98 Å². The zero-order valence-electron chi connectivity index (χ0n) is 15.5. The Morgan fingerprint density at radius 1 is 1.16 bits per heavy atom. The normalized spacial score (nSPS) is 11.8. The minimum Gasteiger partial charge on any atom is -0.462 e. The Morgan fingerprint density at radius 3 is 2.32 bits per heavy atom. The van der Waals surface area contributed by atoms with E-state index < -0.39 is 8.07 Å². The lowest BCUT2D eigenvalue weighted by atomic mass is 10.2. The quantitative estimate of drug-likeness (QED) is 0.363. The van der Waals surface area contributed by atoms with Crippen LogP contribution in [-0.4, -0.2) is 25.6 Å². The van der Waals surface area contributed by atoms with Crippen LogP contribution in [-0.2, 0) is 4.74 Å². The average molecular weight is 467 g/mol. The standard InChI is InChI=1S/C20H26INO2Si/c1-6-24-20(23)16-10-11-18(17(21)13-16)25(14(2)3,15(4)5)19-9-7-8-12-22-19/h7-15H,6H2,1-5H3. The van der Waals surface area contributed by atoms with Crippen molar-refractivity contribution in [2.45, 2.75) is 45.7 Å². The lowest BCUT2D eigenvalue weighted by Crippen LogP contribution is -2.64. The van der Waals surface area contributed by atoms with E-state index in [0.29, 0.717) is 23.3 Å². The van der Waals surface area contributed by atoms with Crippen molar-refractivity contribution in [3.05, 3.63) is 51.7 Å². The number of nitrogens with zero attached hydrogens (tertiary/aromatic N) is 1. The number of pyridine rings is 1. The van der Waals surface area contributed by atoms with Gasteiger partial charge in [0.1, 0.15) is 8.07 Å². The van der Waals surface area contributed by atoms with Crippen molar-refractivity contribution in [1.82, 2.24) is 4.98 Å². The number of halogens is 1. The summed E-state index contributed by atoms with van der Waals surface area (Å²) in [5.41, 5.74) is 1.60. The molecule has 1 aromatic carbocycles. The Morgan fingerprint density at radius 2 is 1.84 bits per heavy atom. The summed E-state index contributed by atoms with van der Waals surface area (Å²) in [6.45, 7) is 11.4. The predicted molar refractivity (Wildman–Crippen MR) is 115 cm³/mol. The second-order valence-electron chi connectivity index (χ2n) is 6.81. The van der Waals surface area contributed by atoms with Gasteiger partial charge in [-0.1, -0.05) is 39.8 Å². The molecule has 5 heteroatoms. The van der Waals surface area contributed by atoms with Crippen LogP contribution in [0.3, 0.4) is 0 Å². The number of esters is 1. The van der Waals surface area contributed by atoms with Crippen LogP contribution < -0.4 is 10.5 Å². The maximum absolute atomic E-state index is 12.1. The van der Waals surface area contributed by atoms with Gasteiger partial charge < -0.3 is 4.74 Å². The van der Waals surface area contributed by atoms with E-state index in [-0.39, 0.29) is 5.97 Å². The molecule has 0 saturated heterocycles. The van der Waals surface area contributed by atoms with E-state index in [4.69, 9.17) is 9.72 Å². The first-order chi connectivity index (χ1) is 11.9. The highest BCUT2D eigenvalue weighted by Gasteiger charge is 2.46. The molecule has 0 N–H and O–H groups in total. The second-order valence-corrected chi connectivity index (χ2v) is 13.1. The molecule has 0 aliphatic heterocycles. The molecular formula is C20H26INO2Si. The number of hydrogen-bond donors (Lipinski definition) is 0. The monoisotopic (exact) mass is 467 g/mol. The Labute approximate surface area is 165 Å². The molecule has 2 aromatic rings. The Balaban J connectivity index is 2.65. The third-order valence-corrected chi connectivity index (χ3v) is 12.4. The van der Waals surface area contributed by atoms with Gasteiger partial charge in [-0.2, -0.15) is 0 Å². The van der Waals surface area contributed by atoms with Crippen LogP contribution in [0.5, 0.6) is 0 Å². The smallest absolute Gasteiger partial charge is 0.338 e. The molecule has 0 radical (unpaired) electrons. The highest BCUT2D eigenvalue weighted by molar-refractivity contribution is 14.1. The van der Waals surface area contributed by atoms with Gasteiger partial charge in [0.05, 0.1) is 12.2 Å². The minimum atomic E-state index is -2.09. The molecular weight excluding hydrogens is 441 g/mol. The van der Waals surface area contributed by atoms with Gasteiger partial charge in [0, 0.05) is 15.1 Å². The van der Waals surface area contributed by atoms with Gasteiger partial charge in [0.25, 0.3) is 0 Å². The van der Waals surface area contributed by atoms with E-state index in [1.54, 1.807) is 0 Å². The molecule has 0 saturated carbocycles. The first-order valence-corrected chi connectivity index (χ1v) is 12.0. The molecule has 0 amide bonds. The molecule has 0 unspecified atom stereocenters. The molecule has 0 spiro atoms. The molecule has 134 valence electrons. The molecule has 2 rings (SSSR count). The maximum atomic E-state index is 12.1. The summed E-state index contributed by atoms with van der Waals surface area (Å²) < 4.78 is 6.27. The van der Waals surface area contributed by atoms with E-state index in [2.05, 4.69) is 68.5 Å². The van der Waals surface area contributed by atoms with Crippen molar-refractivity contribution in [1.29, 1.82) is 0 Å². The summed E-state index contributed by atoms with van der Waals surface area (Å²) in [7, 11) is -2.09. The number of aromatic nitrogens is 1. The van der Waals surface area contributed by atoms with Gasteiger partial charge in [-0.15, -0.1) is 0 Å². The van der Waals surface area contributed by atoms with Gasteiger partial charge >= 0.3 is 5.97 Å². The molecule has 0 fully saturated rings. The third-order valence-electron chi connectivity index (χ3n) is 4.84. The van der Waals surface area contributed by atoms with E-state index in [1.165, 1.54) is 10.5 Å². The SMILES string of the molecule is CCOC(=O)c1ccc([Si](c2ccccn2)(C(C)C)C(C)C)c(I)c1. The lowest BCUT2D eigenvalue weighted by molar-refractivity contribution is 0.0526. The molecule has 3 nitrogen and oxygen atoms in total. The van der Waals surface area contributed by atoms with Crippen molar-refractivity contribution in [2.24, 2.45) is 0 Å². The van der Waals surface area contributed by atoms with E-state index in [9.17, 15) is 4.79 Å². The van der Waals surface area contributed by atoms with Crippen molar-refractivity contribution < 1.29 is 9.53 Å². The molecule has 1 aromatic heterocycles. The molecule has 0 aliphatic rings. The van der Waals surface area contributed by atoms with Gasteiger partial charge in [0.2, 0.25) is 0 Å². The Bertz CT molecular complexity index is 724. The van der Waals surface area contributed by atoms with Crippen LogP contribution in [0.25, 0.3) is 0 Å². The first-order valence-electron chi connectivity index (χ1n) is 8.74. The summed E-state index contributed by atoms with van der Waals surface area (Å²) in [6.07, 6.45) is 1.89. The molecule has 0 aliphatic carbocycles. The summed E-state index contributed by atoms with van der Waals surface area (Å²) in [5, 5.41) is 2.56. The van der Waals surface area contributed by atoms with E-state index in [1.807, 2.05) is 31.3 Å². The predicted octanol–water partition coefficient (Wildman–Crippen LogP) is 4.25. The highest BCUT2D eigenvalue weighted by atomic mass is 127. The zero-order valence-corrected chi connectivity index (χ0v) is 18.7. The van der Waals surface area contributed by atoms with Crippen molar-refractivity contribution in [3.8, 4) is 0 Å². The fraction of sp³-hybridized carbons (Fsp3) is 0.400. The molecule has 0 bridgehead atoms. The van der Waals surface area contributed by atoms with Crippen molar-refractivity contribution in [3.63, 3.8) is 0 Å². The highest BCUT2D eigenvalue weighted by Crippen LogP contribution is 2.33. The van der Waals surface area contributed by atoms with Gasteiger partial charge in [0.15, 0.2) is 0 Å². The average Bonchev–Trinajstić information content (AvgIpc) is 2.57. The topological polar surface area (TPSA) is 39.2 Å². The van der Waals surface area contributed by atoms with Crippen molar-refractivity contribution >= 4 is 47.1 Å². The number of carbonyl (C=O) groups is 1. The van der Waals surface area contributed by atoms with Crippen LogP contribution in [0.4, 0.5) is 0 Å². The summed E-state index contributed by atoms with van der Waals surface area (Å²) in [6, 6.07) is 12.2. The second kappa shape index (κ2) is 8.45. The fourth-order valence-electron chi connectivity index (χ4n) is 3.82. The number of carbonyl (C=O) groups excluding carboxylic acids is 1. The third kappa shape index (κ3) is 3.82. The van der Waals surface area contributed by atoms with Crippen LogP contribution in [0.1, 0.15) is 45.0 Å². The lowest BCUT2D eigenvalue weighted by Gasteiger charge is -2.40. The van der Waals surface area contributed by atoms with Gasteiger partial charge in [-0.05, 0) is 70.0 Å². The first kappa shape index (κ1) is 20.1. The summed E-state index contributed by atoms with van der Waals surface area (Å²) in [5.74, 6) is -0.258. The maximum Gasteiger partial charge on any atom is 0.338 e. The number of benzene rings is 1. The summed E-state index contributed by atoms with van der Waals surface area (Å²) in [4.78, 5) is 16.8. The summed E-state index contributed by atoms with van der Waals surface area (Å²) >= 11 is 2.37. The van der Waals surface area contributed by atoms with Crippen LogP contribution in [0, 0.1) is 3.57 Å². The molecule has 0 atom stereocenters. The van der Waals surface area contributed by atoms with Crippen LogP contribution in [0.2, 0.25) is 11.1 Å². The Kier molecular flexibility index (Phi) is 6.79. The Hall–Kier alpha value is -1.21. The minimum absolute atomic E-state index is 0.258. The molecule has 1 heterocycles. The fourth-order valence-corrected chi connectivity index (χ4v) is 11.2. The largest absolute Gasteiger partial charge is 0.462 e. The van der Waals surface area contributed by atoms with E-state index in [0.717, 1.165) is 3.57 Å². The zero-order chi connectivity index (χ0) is 18.6. The van der Waals surface area contributed by atoms with Gasteiger partial charge in [-0.25, -0.2) is 4.79 Å². The number of hydrogen-bond acceptors (Lipinski definition) is 3. The van der Waals surface area contributed by atoms with E-state index >= 15 is 0 Å².